The van der Waals surface area contributed by atoms with Gasteiger partial charge in [0.15, 0.2) is 0 Å². The number of rotatable bonds is 3. The lowest BCUT2D eigenvalue weighted by molar-refractivity contribution is -0.143. The fourth-order valence-corrected chi connectivity index (χ4v) is 3.09. The SMILES string of the molecule is COC(=O)[C@@H]1C[C@@](C)(Oc2nccc3ccc(Br)cc23)CN1. The summed E-state index contributed by atoms with van der Waals surface area (Å²) in [5.74, 6) is 0.314. The minimum Gasteiger partial charge on any atom is -0.469 e. The normalized spacial score (nSPS) is 24.4. The summed E-state index contributed by atoms with van der Waals surface area (Å²) in [6, 6.07) is 7.60. The van der Waals surface area contributed by atoms with Gasteiger partial charge in [-0.1, -0.05) is 22.0 Å². The van der Waals surface area contributed by atoms with Crippen LogP contribution in [0, 0.1) is 0 Å². The maximum absolute atomic E-state index is 11.6. The standard InChI is InChI=1S/C16H17BrN2O3/c1-16(8-13(19-9-16)15(20)21-2)22-14-12-7-11(17)4-3-10(12)5-6-18-14/h3-7,13,19H,8-9H2,1-2H3/t13-,16+/m0/s1. The van der Waals surface area contributed by atoms with E-state index in [4.69, 9.17) is 9.47 Å². The quantitative estimate of drug-likeness (QED) is 0.848. The van der Waals surface area contributed by atoms with Crippen LogP contribution in [0.25, 0.3) is 10.8 Å². The number of nitrogens with one attached hydrogen (secondary N) is 1. The van der Waals surface area contributed by atoms with Crippen molar-refractivity contribution in [1.29, 1.82) is 0 Å². The molecule has 0 spiro atoms. The Morgan fingerprint density at radius 2 is 2.27 bits per heavy atom. The van der Waals surface area contributed by atoms with Gasteiger partial charge in [-0.25, -0.2) is 4.98 Å². The molecule has 0 bridgehead atoms. The third-order valence-electron chi connectivity index (χ3n) is 3.88. The van der Waals surface area contributed by atoms with Crippen LogP contribution in [0.1, 0.15) is 13.3 Å². The molecule has 0 amide bonds. The number of pyridine rings is 1. The fraction of sp³-hybridized carbons (Fsp3) is 0.375. The highest BCUT2D eigenvalue weighted by atomic mass is 79.9. The lowest BCUT2D eigenvalue weighted by Crippen LogP contribution is -2.34. The van der Waals surface area contributed by atoms with Gasteiger partial charge in [-0.05, 0) is 30.5 Å². The van der Waals surface area contributed by atoms with Crippen molar-refractivity contribution >= 4 is 32.7 Å². The van der Waals surface area contributed by atoms with Crippen LogP contribution in [0.4, 0.5) is 0 Å². The average Bonchev–Trinajstić information content (AvgIpc) is 2.89. The van der Waals surface area contributed by atoms with Crippen molar-refractivity contribution in [3.05, 3.63) is 34.9 Å². The monoisotopic (exact) mass is 364 g/mol. The zero-order valence-electron chi connectivity index (χ0n) is 12.4. The zero-order valence-corrected chi connectivity index (χ0v) is 14.0. The first kappa shape index (κ1) is 15.2. The van der Waals surface area contributed by atoms with E-state index in [-0.39, 0.29) is 12.0 Å². The molecular weight excluding hydrogens is 348 g/mol. The summed E-state index contributed by atoms with van der Waals surface area (Å²) >= 11 is 3.47. The van der Waals surface area contributed by atoms with Gasteiger partial charge in [-0.2, -0.15) is 0 Å². The maximum atomic E-state index is 11.6. The Hall–Kier alpha value is -1.66. The highest BCUT2D eigenvalue weighted by Gasteiger charge is 2.41. The van der Waals surface area contributed by atoms with Crippen LogP contribution in [0.3, 0.4) is 0 Å². The number of halogens is 1. The van der Waals surface area contributed by atoms with Crippen molar-refractivity contribution in [2.75, 3.05) is 13.7 Å². The number of esters is 1. The van der Waals surface area contributed by atoms with Gasteiger partial charge in [-0.15, -0.1) is 0 Å². The molecule has 0 aliphatic carbocycles. The van der Waals surface area contributed by atoms with Gasteiger partial charge in [0.05, 0.1) is 7.11 Å². The van der Waals surface area contributed by atoms with Crippen LogP contribution >= 0.6 is 15.9 Å². The van der Waals surface area contributed by atoms with Crippen LogP contribution in [0.15, 0.2) is 34.9 Å². The van der Waals surface area contributed by atoms with Crippen LogP contribution in [0.5, 0.6) is 5.88 Å². The van der Waals surface area contributed by atoms with Crippen molar-refractivity contribution < 1.29 is 14.3 Å². The molecule has 2 heterocycles. The molecule has 1 aromatic carbocycles. The molecule has 2 atom stereocenters. The number of carbonyl (C=O) groups excluding carboxylic acids is 1. The molecule has 5 nitrogen and oxygen atoms in total. The lowest BCUT2D eigenvalue weighted by atomic mass is 10.0. The smallest absolute Gasteiger partial charge is 0.323 e. The van der Waals surface area contributed by atoms with Crippen molar-refractivity contribution in [1.82, 2.24) is 10.3 Å². The second kappa shape index (κ2) is 5.85. The third-order valence-corrected chi connectivity index (χ3v) is 4.37. The second-order valence-corrected chi connectivity index (χ2v) is 6.61. The topological polar surface area (TPSA) is 60.5 Å². The molecule has 0 saturated carbocycles. The molecule has 3 rings (SSSR count). The van der Waals surface area contributed by atoms with Crippen molar-refractivity contribution in [3.63, 3.8) is 0 Å². The van der Waals surface area contributed by atoms with E-state index in [0.717, 1.165) is 15.2 Å². The van der Waals surface area contributed by atoms with E-state index in [9.17, 15) is 4.79 Å². The van der Waals surface area contributed by atoms with Gasteiger partial charge in [0, 0.05) is 29.0 Å². The van der Waals surface area contributed by atoms with Gasteiger partial charge in [-0.3, -0.25) is 4.79 Å². The number of carbonyl (C=O) groups is 1. The molecule has 1 aliphatic rings. The zero-order chi connectivity index (χ0) is 15.7. The van der Waals surface area contributed by atoms with E-state index >= 15 is 0 Å². The Kier molecular flexibility index (Phi) is 4.06. The van der Waals surface area contributed by atoms with Gasteiger partial charge in [0.1, 0.15) is 11.6 Å². The molecule has 22 heavy (non-hydrogen) atoms. The fourth-order valence-electron chi connectivity index (χ4n) is 2.73. The summed E-state index contributed by atoms with van der Waals surface area (Å²) in [7, 11) is 1.39. The molecule has 6 heteroatoms. The van der Waals surface area contributed by atoms with E-state index in [0.29, 0.717) is 18.8 Å². The second-order valence-electron chi connectivity index (χ2n) is 5.69. The number of aromatic nitrogens is 1. The number of nitrogens with zero attached hydrogens (tertiary/aromatic N) is 1. The summed E-state index contributed by atoms with van der Waals surface area (Å²) in [5.41, 5.74) is -0.498. The van der Waals surface area contributed by atoms with Gasteiger partial charge in [0.25, 0.3) is 0 Å². The molecule has 0 unspecified atom stereocenters. The van der Waals surface area contributed by atoms with Crippen molar-refractivity contribution in [3.8, 4) is 5.88 Å². The first-order valence-electron chi connectivity index (χ1n) is 7.05. The molecular formula is C16H17BrN2O3. The number of methoxy groups -OCH3 is 1. The summed E-state index contributed by atoms with van der Waals surface area (Å²) in [6.07, 6.45) is 2.28. The minimum absolute atomic E-state index is 0.263. The van der Waals surface area contributed by atoms with E-state index in [1.807, 2.05) is 31.2 Å². The number of fused-ring (bicyclic) bond motifs is 1. The van der Waals surface area contributed by atoms with Gasteiger partial charge >= 0.3 is 5.97 Å². The highest BCUT2D eigenvalue weighted by molar-refractivity contribution is 9.10. The molecule has 116 valence electrons. The number of benzene rings is 1. The van der Waals surface area contributed by atoms with Gasteiger partial charge in [0.2, 0.25) is 5.88 Å². The Balaban J connectivity index is 1.87. The summed E-state index contributed by atoms with van der Waals surface area (Å²) in [5, 5.41) is 5.15. The Morgan fingerprint density at radius 1 is 1.45 bits per heavy atom. The van der Waals surface area contributed by atoms with E-state index in [1.165, 1.54) is 7.11 Å². The van der Waals surface area contributed by atoms with Crippen molar-refractivity contribution in [2.45, 2.75) is 25.0 Å². The van der Waals surface area contributed by atoms with Crippen LogP contribution in [-0.4, -0.2) is 36.3 Å². The Labute approximate surface area is 137 Å². The Morgan fingerprint density at radius 3 is 3.05 bits per heavy atom. The van der Waals surface area contributed by atoms with E-state index in [1.54, 1.807) is 6.20 Å². The highest BCUT2D eigenvalue weighted by Crippen LogP contribution is 2.31. The largest absolute Gasteiger partial charge is 0.469 e. The Bertz CT molecular complexity index is 722. The third kappa shape index (κ3) is 2.94. The number of hydrogen-bond acceptors (Lipinski definition) is 5. The first-order valence-corrected chi connectivity index (χ1v) is 7.84. The molecule has 1 aliphatic heterocycles. The number of hydrogen-bond donors (Lipinski definition) is 1. The van der Waals surface area contributed by atoms with Crippen molar-refractivity contribution in [2.24, 2.45) is 0 Å². The maximum Gasteiger partial charge on any atom is 0.323 e. The average molecular weight is 365 g/mol. The summed E-state index contributed by atoms with van der Waals surface area (Å²) in [6.45, 7) is 2.54. The molecule has 1 fully saturated rings. The molecule has 0 radical (unpaired) electrons. The van der Waals surface area contributed by atoms with Crippen LogP contribution in [0.2, 0.25) is 0 Å². The first-order chi connectivity index (χ1) is 10.5. The summed E-state index contributed by atoms with van der Waals surface area (Å²) in [4.78, 5) is 16.0. The van der Waals surface area contributed by atoms with E-state index in [2.05, 4.69) is 26.2 Å². The molecule has 2 aromatic rings. The predicted molar refractivity (Wildman–Crippen MR) is 86.9 cm³/mol. The van der Waals surface area contributed by atoms with Crippen LogP contribution < -0.4 is 10.1 Å². The summed E-state index contributed by atoms with van der Waals surface area (Å²) < 4.78 is 11.9. The predicted octanol–water partition coefficient (Wildman–Crippen LogP) is 2.67. The molecule has 1 aromatic heterocycles. The molecule has 1 saturated heterocycles. The lowest BCUT2D eigenvalue weighted by Gasteiger charge is -2.25. The minimum atomic E-state index is -0.498. The number of ether oxygens (including phenoxy) is 2. The van der Waals surface area contributed by atoms with Gasteiger partial charge < -0.3 is 14.8 Å². The van der Waals surface area contributed by atoms with E-state index < -0.39 is 5.60 Å². The molecule has 1 N–H and O–H groups in total. The van der Waals surface area contributed by atoms with Crippen LogP contribution in [-0.2, 0) is 9.53 Å².